The first-order valence-corrected chi connectivity index (χ1v) is 7.02. The van der Waals surface area contributed by atoms with Gasteiger partial charge in [-0.25, -0.2) is 0 Å². The van der Waals surface area contributed by atoms with Gasteiger partial charge in [0.25, 0.3) is 0 Å². The van der Waals surface area contributed by atoms with Crippen LogP contribution in [0, 0.1) is 5.41 Å². The van der Waals surface area contributed by atoms with Gasteiger partial charge < -0.3 is 4.90 Å². The standard InChI is InChI=1S/C14H21ClN2/c1-3-14(4-2)6-8-17(11-14)13-5-7-16-12(9-13)10-15/h5,7,9H,3-4,6,8,10-11H2,1-2H3. The summed E-state index contributed by atoms with van der Waals surface area (Å²) < 4.78 is 0. The molecular formula is C14H21ClN2. The zero-order valence-corrected chi connectivity index (χ0v) is 11.5. The molecule has 1 saturated heterocycles. The van der Waals surface area contributed by atoms with Crippen LogP contribution in [-0.4, -0.2) is 18.1 Å². The van der Waals surface area contributed by atoms with Crippen molar-refractivity contribution in [1.82, 2.24) is 4.98 Å². The monoisotopic (exact) mass is 252 g/mol. The first kappa shape index (κ1) is 12.7. The van der Waals surface area contributed by atoms with Crippen molar-refractivity contribution in [2.45, 2.75) is 39.0 Å². The third-order valence-corrected chi connectivity index (χ3v) is 4.51. The SMILES string of the molecule is CCC1(CC)CCN(c2ccnc(CCl)c2)C1. The van der Waals surface area contributed by atoms with Gasteiger partial charge in [0, 0.05) is 25.0 Å². The Balaban J connectivity index is 2.14. The fourth-order valence-corrected chi connectivity index (χ4v) is 2.86. The zero-order chi connectivity index (χ0) is 12.3. The summed E-state index contributed by atoms with van der Waals surface area (Å²) in [5.41, 5.74) is 2.76. The fourth-order valence-electron chi connectivity index (χ4n) is 2.72. The summed E-state index contributed by atoms with van der Waals surface area (Å²) in [6.07, 6.45) is 5.71. The van der Waals surface area contributed by atoms with E-state index < -0.39 is 0 Å². The summed E-state index contributed by atoms with van der Waals surface area (Å²) in [5, 5.41) is 0. The molecule has 1 aliphatic heterocycles. The second kappa shape index (κ2) is 5.26. The molecule has 0 unspecified atom stereocenters. The Hall–Kier alpha value is -0.760. The van der Waals surface area contributed by atoms with Crippen molar-refractivity contribution < 1.29 is 0 Å². The molecular weight excluding hydrogens is 232 g/mol. The highest BCUT2D eigenvalue weighted by Crippen LogP contribution is 2.38. The molecule has 94 valence electrons. The van der Waals surface area contributed by atoms with Gasteiger partial charge in [0.2, 0.25) is 0 Å². The van der Waals surface area contributed by atoms with Gasteiger partial charge in [-0.1, -0.05) is 13.8 Å². The summed E-state index contributed by atoms with van der Waals surface area (Å²) in [7, 11) is 0. The summed E-state index contributed by atoms with van der Waals surface area (Å²) in [6, 6.07) is 4.21. The minimum Gasteiger partial charge on any atom is -0.371 e. The van der Waals surface area contributed by atoms with Crippen molar-refractivity contribution in [3.05, 3.63) is 24.0 Å². The predicted molar refractivity (Wildman–Crippen MR) is 73.6 cm³/mol. The van der Waals surface area contributed by atoms with E-state index in [9.17, 15) is 0 Å². The van der Waals surface area contributed by atoms with Crippen molar-refractivity contribution >= 4 is 17.3 Å². The molecule has 0 saturated carbocycles. The molecule has 0 atom stereocenters. The van der Waals surface area contributed by atoms with Gasteiger partial charge in [0.15, 0.2) is 0 Å². The average molecular weight is 253 g/mol. The number of aromatic nitrogens is 1. The maximum absolute atomic E-state index is 5.84. The van der Waals surface area contributed by atoms with Crippen LogP contribution in [0.2, 0.25) is 0 Å². The molecule has 0 bridgehead atoms. The lowest BCUT2D eigenvalue weighted by atomic mass is 9.82. The Morgan fingerprint density at radius 1 is 1.41 bits per heavy atom. The lowest BCUT2D eigenvalue weighted by molar-refractivity contribution is 0.301. The van der Waals surface area contributed by atoms with Crippen molar-refractivity contribution in [3.8, 4) is 0 Å². The van der Waals surface area contributed by atoms with Gasteiger partial charge in [0.05, 0.1) is 11.6 Å². The first-order chi connectivity index (χ1) is 8.23. The molecule has 1 fully saturated rings. The molecule has 2 nitrogen and oxygen atoms in total. The van der Waals surface area contributed by atoms with Crippen LogP contribution in [0.15, 0.2) is 18.3 Å². The zero-order valence-electron chi connectivity index (χ0n) is 10.7. The molecule has 0 aliphatic carbocycles. The molecule has 2 heterocycles. The van der Waals surface area contributed by atoms with E-state index in [4.69, 9.17) is 11.6 Å². The third kappa shape index (κ3) is 2.57. The average Bonchev–Trinajstić information content (AvgIpc) is 2.84. The Morgan fingerprint density at radius 3 is 2.76 bits per heavy atom. The molecule has 0 spiro atoms. The highest BCUT2D eigenvalue weighted by Gasteiger charge is 2.34. The molecule has 1 aromatic rings. The highest BCUT2D eigenvalue weighted by molar-refractivity contribution is 6.16. The number of rotatable bonds is 4. The van der Waals surface area contributed by atoms with Crippen molar-refractivity contribution in [2.24, 2.45) is 5.41 Å². The van der Waals surface area contributed by atoms with Crippen LogP contribution in [0.5, 0.6) is 0 Å². The number of halogens is 1. The van der Waals surface area contributed by atoms with E-state index in [1.54, 1.807) is 0 Å². The lowest BCUT2D eigenvalue weighted by Gasteiger charge is -2.27. The molecule has 0 amide bonds. The summed E-state index contributed by atoms with van der Waals surface area (Å²) >= 11 is 5.84. The van der Waals surface area contributed by atoms with Crippen LogP contribution in [0.3, 0.4) is 0 Å². The lowest BCUT2D eigenvalue weighted by Crippen LogP contribution is -2.26. The Kier molecular flexibility index (Phi) is 3.93. The Bertz CT molecular complexity index is 374. The van der Waals surface area contributed by atoms with Crippen LogP contribution >= 0.6 is 11.6 Å². The second-order valence-electron chi connectivity index (χ2n) is 5.02. The van der Waals surface area contributed by atoms with Crippen LogP contribution in [-0.2, 0) is 5.88 Å². The summed E-state index contributed by atoms with van der Waals surface area (Å²) in [6.45, 7) is 6.95. The van der Waals surface area contributed by atoms with Gasteiger partial charge in [-0.15, -0.1) is 11.6 Å². The summed E-state index contributed by atoms with van der Waals surface area (Å²) in [5.74, 6) is 0.494. The normalized spacial score (nSPS) is 18.6. The number of alkyl halides is 1. The predicted octanol–water partition coefficient (Wildman–Crippen LogP) is 3.84. The van der Waals surface area contributed by atoms with E-state index >= 15 is 0 Å². The second-order valence-corrected chi connectivity index (χ2v) is 5.28. The van der Waals surface area contributed by atoms with Crippen molar-refractivity contribution in [1.29, 1.82) is 0 Å². The molecule has 0 radical (unpaired) electrons. The van der Waals surface area contributed by atoms with Gasteiger partial charge in [-0.3, -0.25) is 4.98 Å². The van der Waals surface area contributed by atoms with E-state index in [1.165, 1.54) is 31.5 Å². The maximum atomic E-state index is 5.84. The Morgan fingerprint density at radius 2 is 2.18 bits per heavy atom. The summed E-state index contributed by atoms with van der Waals surface area (Å²) in [4.78, 5) is 6.72. The van der Waals surface area contributed by atoms with Gasteiger partial charge >= 0.3 is 0 Å². The van der Waals surface area contributed by atoms with Crippen LogP contribution in [0.25, 0.3) is 0 Å². The van der Waals surface area contributed by atoms with Gasteiger partial charge in [-0.2, -0.15) is 0 Å². The van der Waals surface area contributed by atoms with E-state index in [-0.39, 0.29) is 0 Å². The van der Waals surface area contributed by atoms with E-state index in [0.29, 0.717) is 11.3 Å². The molecule has 1 aromatic heterocycles. The van der Waals surface area contributed by atoms with Crippen molar-refractivity contribution in [2.75, 3.05) is 18.0 Å². The minimum absolute atomic E-state index is 0.494. The molecule has 1 aliphatic rings. The number of nitrogens with zero attached hydrogens (tertiary/aromatic N) is 2. The van der Waals surface area contributed by atoms with E-state index in [0.717, 1.165) is 12.2 Å². The van der Waals surface area contributed by atoms with Crippen LogP contribution < -0.4 is 4.90 Å². The smallest absolute Gasteiger partial charge is 0.0648 e. The quantitative estimate of drug-likeness (QED) is 0.757. The fraction of sp³-hybridized carbons (Fsp3) is 0.643. The number of hydrogen-bond acceptors (Lipinski definition) is 2. The largest absolute Gasteiger partial charge is 0.371 e. The first-order valence-electron chi connectivity index (χ1n) is 6.49. The Labute approximate surface area is 109 Å². The highest BCUT2D eigenvalue weighted by atomic mass is 35.5. The third-order valence-electron chi connectivity index (χ3n) is 4.24. The van der Waals surface area contributed by atoms with E-state index in [2.05, 4.69) is 35.9 Å². The molecule has 2 rings (SSSR count). The van der Waals surface area contributed by atoms with Crippen LogP contribution in [0.1, 0.15) is 38.8 Å². The topological polar surface area (TPSA) is 16.1 Å². The number of pyridine rings is 1. The van der Waals surface area contributed by atoms with Gasteiger partial charge in [-0.05, 0) is 36.8 Å². The molecule has 0 aromatic carbocycles. The molecule has 0 N–H and O–H groups in total. The molecule has 17 heavy (non-hydrogen) atoms. The van der Waals surface area contributed by atoms with Crippen molar-refractivity contribution in [3.63, 3.8) is 0 Å². The van der Waals surface area contributed by atoms with Gasteiger partial charge in [0.1, 0.15) is 0 Å². The number of hydrogen-bond donors (Lipinski definition) is 0. The van der Waals surface area contributed by atoms with E-state index in [1.807, 2.05) is 6.20 Å². The minimum atomic E-state index is 0.494. The maximum Gasteiger partial charge on any atom is 0.0648 e. The molecule has 3 heteroatoms. The van der Waals surface area contributed by atoms with Crippen LogP contribution in [0.4, 0.5) is 5.69 Å². The number of anilines is 1.